The van der Waals surface area contributed by atoms with Gasteiger partial charge in [-0.3, -0.25) is 4.79 Å². The molecule has 9 heteroatoms. The molecule has 2 heterocycles. The lowest BCUT2D eigenvalue weighted by atomic mass is 9.96. The Morgan fingerprint density at radius 2 is 1.77 bits per heavy atom. The highest BCUT2D eigenvalue weighted by Crippen LogP contribution is 2.26. The topological polar surface area (TPSA) is 97.1 Å². The Morgan fingerprint density at radius 3 is 2.32 bits per heavy atom. The van der Waals surface area contributed by atoms with Crippen LogP contribution in [0.4, 0.5) is 0 Å². The van der Waals surface area contributed by atoms with Crippen molar-refractivity contribution in [2.45, 2.75) is 38.1 Å². The van der Waals surface area contributed by atoms with Crippen molar-refractivity contribution in [2.24, 2.45) is 5.92 Å². The Bertz CT molecular complexity index is 1020. The van der Waals surface area contributed by atoms with Gasteiger partial charge in [0.25, 0.3) is 0 Å². The third-order valence-corrected chi connectivity index (χ3v) is 7.28. The minimum atomic E-state index is -3.69. The zero-order valence-corrected chi connectivity index (χ0v) is 18.9. The Kier molecular flexibility index (Phi) is 7.17. The van der Waals surface area contributed by atoms with E-state index in [1.165, 1.54) is 28.6 Å². The lowest BCUT2D eigenvalue weighted by Crippen LogP contribution is -2.43. The van der Waals surface area contributed by atoms with E-state index in [4.69, 9.17) is 9.15 Å². The van der Waals surface area contributed by atoms with Gasteiger partial charge < -0.3 is 14.1 Å². The van der Waals surface area contributed by atoms with Crippen molar-refractivity contribution >= 4 is 21.9 Å². The monoisotopic (exact) mass is 448 g/mol. The second-order valence-electron chi connectivity index (χ2n) is 7.63. The molecule has 0 saturated carbocycles. The molecule has 3 rings (SSSR count). The molecule has 1 aliphatic heterocycles. The summed E-state index contributed by atoms with van der Waals surface area (Å²) >= 11 is 0. The zero-order valence-electron chi connectivity index (χ0n) is 18.0. The van der Waals surface area contributed by atoms with Crippen LogP contribution in [0, 0.1) is 12.8 Å². The molecule has 8 nitrogen and oxygen atoms in total. The molecule has 31 heavy (non-hydrogen) atoms. The van der Waals surface area contributed by atoms with Crippen LogP contribution in [0.25, 0.3) is 0 Å². The number of carbonyl (C=O) groups is 2. The first kappa shape index (κ1) is 23.0. The molecule has 0 unspecified atom stereocenters. The molecule has 0 atom stereocenters. The van der Waals surface area contributed by atoms with E-state index < -0.39 is 16.0 Å². The maximum absolute atomic E-state index is 12.9. The number of nitrogens with zero attached hydrogens (tertiary/aromatic N) is 2. The molecule has 2 aromatic rings. The van der Waals surface area contributed by atoms with Crippen molar-refractivity contribution in [3.05, 3.63) is 53.5 Å². The molecule has 0 aliphatic carbocycles. The maximum Gasteiger partial charge on any atom is 0.338 e. The van der Waals surface area contributed by atoms with Crippen LogP contribution in [-0.2, 0) is 26.1 Å². The fraction of sp³-hybridized carbons (Fsp3) is 0.455. The second-order valence-corrected chi connectivity index (χ2v) is 9.57. The van der Waals surface area contributed by atoms with Crippen LogP contribution in [0.1, 0.15) is 41.6 Å². The van der Waals surface area contributed by atoms with Crippen molar-refractivity contribution in [3.8, 4) is 0 Å². The van der Waals surface area contributed by atoms with Crippen LogP contribution in [-0.4, -0.2) is 56.2 Å². The first-order valence-corrected chi connectivity index (χ1v) is 11.7. The van der Waals surface area contributed by atoms with Gasteiger partial charge in [0.05, 0.1) is 23.6 Å². The normalized spacial score (nSPS) is 15.6. The van der Waals surface area contributed by atoms with Gasteiger partial charge >= 0.3 is 5.97 Å². The Morgan fingerprint density at radius 1 is 1.13 bits per heavy atom. The van der Waals surface area contributed by atoms with Crippen molar-refractivity contribution in [1.29, 1.82) is 0 Å². The number of furan rings is 1. The molecule has 1 aromatic heterocycles. The van der Waals surface area contributed by atoms with E-state index in [1.807, 2.05) is 19.1 Å². The van der Waals surface area contributed by atoms with E-state index in [1.54, 1.807) is 18.9 Å². The summed E-state index contributed by atoms with van der Waals surface area (Å²) in [6.07, 6.45) is 0.918. The summed E-state index contributed by atoms with van der Waals surface area (Å²) in [6, 6.07) is 9.44. The molecule has 1 amide bonds. The lowest BCUT2D eigenvalue weighted by molar-refractivity contribution is -0.136. The molecule has 1 fully saturated rings. The van der Waals surface area contributed by atoms with Gasteiger partial charge in [0.2, 0.25) is 15.9 Å². The second kappa shape index (κ2) is 9.65. The zero-order chi connectivity index (χ0) is 22.6. The molecule has 0 bridgehead atoms. The number of benzene rings is 1. The molecule has 0 spiro atoms. The number of amides is 1. The summed E-state index contributed by atoms with van der Waals surface area (Å²) in [4.78, 5) is 26.3. The summed E-state index contributed by atoms with van der Waals surface area (Å²) in [5.41, 5.74) is 0.305. The summed E-state index contributed by atoms with van der Waals surface area (Å²) in [7, 11) is -1.96. The Balaban J connectivity index is 1.59. The van der Waals surface area contributed by atoms with Gasteiger partial charge in [-0.1, -0.05) is 0 Å². The van der Waals surface area contributed by atoms with Crippen LogP contribution in [0.5, 0.6) is 0 Å². The summed E-state index contributed by atoms with van der Waals surface area (Å²) < 4.78 is 37.7. The summed E-state index contributed by atoms with van der Waals surface area (Å²) in [5.74, 6) is 0.799. The van der Waals surface area contributed by atoms with Gasteiger partial charge in [-0.15, -0.1) is 0 Å². The molecular formula is C22H28N2O6S. The SMILES string of the molecule is CCOC(=O)c1ccc(S(=O)(=O)N2CCC(C(=O)N(C)Cc3ccc(C)o3)CC2)cc1. The van der Waals surface area contributed by atoms with Crippen LogP contribution < -0.4 is 0 Å². The van der Waals surface area contributed by atoms with Crippen LogP contribution in [0.3, 0.4) is 0 Å². The van der Waals surface area contributed by atoms with Crippen molar-refractivity contribution in [3.63, 3.8) is 0 Å². The van der Waals surface area contributed by atoms with Gasteiger partial charge in [0, 0.05) is 26.1 Å². The molecule has 168 valence electrons. The number of carbonyl (C=O) groups excluding carboxylic acids is 2. The Hall–Kier alpha value is -2.65. The molecule has 1 aliphatic rings. The predicted molar refractivity (Wildman–Crippen MR) is 114 cm³/mol. The third-order valence-electron chi connectivity index (χ3n) is 5.37. The van der Waals surface area contributed by atoms with Crippen LogP contribution in [0.2, 0.25) is 0 Å². The highest BCUT2D eigenvalue weighted by atomic mass is 32.2. The number of rotatable bonds is 7. The number of hydrogen-bond acceptors (Lipinski definition) is 6. The standard InChI is InChI=1S/C22H28N2O6S/c1-4-29-22(26)18-6-9-20(10-7-18)31(27,28)24-13-11-17(12-14-24)21(25)23(3)15-19-8-5-16(2)30-19/h5-10,17H,4,11-15H2,1-3H3. The molecular weight excluding hydrogens is 420 g/mol. The number of esters is 1. The van der Waals surface area contributed by atoms with Crippen LogP contribution in [0.15, 0.2) is 45.7 Å². The Labute approximate surface area is 182 Å². The number of ether oxygens (including phenoxy) is 1. The number of hydrogen-bond donors (Lipinski definition) is 0. The number of aryl methyl sites for hydroxylation is 1. The molecule has 0 N–H and O–H groups in total. The summed E-state index contributed by atoms with van der Waals surface area (Å²) in [5, 5.41) is 0. The fourth-order valence-corrected chi connectivity index (χ4v) is 5.13. The highest BCUT2D eigenvalue weighted by Gasteiger charge is 2.33. The van der Waals surface area contributed by atoms with Gasteiger partial charge in [0.15, 0.2) is 0 Å². The van der Waals surface area contributed by atoms with E-state index >= 15 is 0 Å². The van der Waals surface area contributed by atoms with Gasteiger partial charge in [0.1, 0.15) is 11.5 Å². The minimum absolute atomic E-state index is 0.00936. The van der Waals surface area contributed by atoms with E-state index in [9.17, 15) is 18.0 Å². The van der Waals surface area contributed by atoms with Crippen molar-refractivity contribution < 1.29 is 27.2 Å². The summed E-state index contributed by atoms with van der Waals surface area (Å²) in [6.45, 7) is 4.74. The van der Waals surface area contributed by atoms with Crippen LogP contribution >= 0.6 is 0 Å². The first-order chi connectivity index (χ1) is 14.7. The molecule has 1 aromatic carbocycles. The third kappa shape index (κ3) is 5.34. The van der Waals surface area contributed by atoms with E-state index in [2.05, 4.69) is 0 Å². The predicted octanol–water partition coefficient (Wildman–Crippen LogP) is 2.82. The molecule has 0 radical (unpaired) electrons. The van der Waals surface area contributed by atoms with E-state index in [0.29, 0.717) is 24.9 Å². The largest absolute Gasteiger partial charge is 0.464 e. The van der Waals surface area contributed by atoms with Crippen molar-refractivity contribution in [1.82, 2.24) is 9.21 Å². The van der Waals surface area contributed by atoms with Gasteiger partial charge in [-0.2, -0.15) is 4.31 Å². The quantitative estimate of drug-likeness (QED) is 0.604. The number of piperidine rings is 1. The maximum atomic E-state index is 12.9. The van der Waals surface area contributed by atoms with Gasteiger partial charge in [-0.05, 0) is 63.1 Å². The molecule has 1 saturated heterocycles. The number of sulfonamides is 1. The minimum Gasteiger partial charge on any atom is -0.464 e. The first-order valence-electron chi connectivity index (χ1n) is 10.3. The lowest BCUT2D eigenvalue weighted by Gasteiger charge is -2.32. The average molecular weight is 449 g/mol. The highest BCUT2D eigenvalue weighted by molar-refractivity contribution is 7.89. The van der Waals surface area contributed by atoms with E-state index in [0.717, 1.165) is 11.5 Å². The van der Waals surface area contributed by atoms with Crippen molar-refractivity contribution in [2.75, 3.05) is 26.7 Å². The fourth-order valence-electron chi connectivity index (χ4n) is 3.66. The van der Waals surface area contributed by atoms with E-state index in [-0.39, 0.29) is 36.4 Å². The smallest absolute Gasteiger partial charge is 0.338 e. The average Bonchev–Trinajstić information content (AvgIpc) is 3.18. The van der Waals surface area contributed by atoms with Gasteiger partial charge in [-0.25, -0.2) is 13.2 Å².